The highest BCUT2D eigenvalue weighted by molar-refractivity contribution is 7.14. The molecular weight excluding hydrogens is 336 g/mol. The molecule has 2 heterocycles. The summed E-state index contributed by atoms with van der Waals surface area (Å²) in [6.45, 7) is 6.21. The van der Waals surface area contributed by atoms with Gasteiger partial charge >= 0.3 is 0 Å². The average molecular weight is 353 g/mol. The third kappa shape index (κ3) is 3.03. The maximum atomic E-state index is 14.8. The number of aldehydes is 1. The van der Waals surface area contributed by atoms with Crippen LogP contribution in [0.15, 0.2) is 6.07 Å². The van der Waals surface area contributed by atoms with E-state index in [0.29, 0.717) is 24.4 Å². The van der Waals surface area contributed by atoms with E-state index >= 15 is 0 Å². The second kappa shape index (κ2) is 6.52. The van der Waals surface area contributed by atoms with Gasteiger partial charge in [0.1, 0.15) is 5.01 Å². The number of carbonyl (C=O) groups excluding carboxylic acids is 1. The third-order valence-electron chi connectivity index (χ3n) is 3.83. The summed E-state index contributed by atoms with van der Waals surface area (Å²) < 4.78 is 35.0. The molecule has 1 aliphatic rings. The molecule has 1 aromatic heterocycles. The van der Waals surface area contributed by atoms with Crippen LogP contribution in [0, 0.1) is 18.6 Å². The molecule has 8 heteroatoms. The van der Waals surface area contributed by atoms with E-state index in [1.807, 2.05) is 13.8 Å². The summed E-state index contributed by atoms with van der Waals surface area (Å²) in [7, 11) is 0. The number of ether oxygens (including phenoxy) is 1. The van der Waals surface area contributed by atoms with Crippen LogP contribution >= 0.6 is 11.3 Å². The van der Waals surface area contributed by atoms with Crippen LogP contribution in [0.5, 0.6) is 0 Å². The molecule has 0 unspecified atom stereocenters. The fraction of sp³-hybridized carbons (Fsp3) is 0.438. The number of aromatic nitrogens is 2. The monoisotopic (exact) mass is 353 g/mol. The summed E-state index contributed by atoms with van der Waals surface area (Å²) in [6, 6.07) is 1.34. The molecule has 1 aromatic carbocycles. The standard InChI is InChI=1S/C16H17F2N3O2S/c1-8-5-21(6-9(2)23-8)15-11(7-22)4-12(13(17)14(15)18)16-20-19-10(3)24-16/h4,7-9H,5-6H2,1-3H3/t8-,9+. The van der Waals surface area contributed by atoms with E-state index in [-0.39, 0.29) is 34.0 Å². The van der Waals surface area contributed by atoms with Crippen molar-refractivity contribution in [3.8, 4) is 10.6 Å². The van der Waals surface area contributed by atoms with E-state index in [0.717, 1.165) is 11.3 Å². The number of halogens is 2. The number of hydrogen-bond donors (Lipinski definition) is 0. The summed E-state index contributed by atoms with van der Waals surface area (Å²) in [4.78, 5) is 13.2. The van der Waals surface area contributed by atoms with Gasteiger partial charge in [-0.3, -0.25) is 4.79 Å². The van der Waals surface area contributed by atoms with Gasteiger partial charge in [0.15, 0.2) is 22.9 Å². The molecule has 1 saturated heterocycles. The smallest absolute Gasteiger partial charge is 0.183 e. The molecule has 3 rings (SSSR count). The zero-order valence-corrected chi connectivity index (χ0v) is 14.4. The molecule has 0 amide bonds. The fourth-order valence-electron chi connectivity index (χ4n) is 2.97. The lowest BCUT2D eigenvalue weighted by Crippen LogP contribution is -2.46. The van der Waals surface area contributed by atoms with Crippen LogP contribution in [0.2, 0.25) is 0 Å². The zero-order chi connectivity index (χ0) is 17.4. The first-order valence-corrected chi connectivity index (χ1v) is 8.40. The summed E-state index contributed by atoms with van der Waals surface area (Å²) >= 11 is 1.15. The molecule has 0 radical (unpaired) electrons. The Morgan fingerprint density at radius 3 is 2.46 bits per heavy atom. The molecule has 0 N–H and O–H groups in total. The highest BCUT2D eigenvalue weighted by atomic mass is 32.1. The predicted octanol–water partition coefficient (Wildman–Crippen LogP) is 3.22. The number of anilines is 1. The molecule has 0 aliphatic carbocycles. The Morgan fingerprint density at radius 1 is 1.25 bits per heavy atom. The van der Waals surface area contributed by atoms with Crippen molar-refractivity contribution in [2.75, 3.05) is 18.0 Å². The first-order chi connectivity index (χ1) is 11.4. The molecule has 1 aliphatic heterocycles. The molecule has 5 nitrogen and oxygen atoms in total. The second-order valence-corrected chi connectivity index (χ2v) is 7.08. The lowest BCUT2D eigenvalue weighted by molar-refractivity contribution is -0.00546. The van der Waals surface area contributed by atoms with Gasteiger partial charge in [-0.2, -0.15) is 0 Å². The fourth-order valence-corrected chi connectivity index (χ4v) is 3.67. The number of benzene rings is 1. The number of nitrogens with zero attached hydrogens (tertiary/aromatic N) is 3. The van der Waals surface area contributed by atoms with E-state index in [2.05, 4.69) is 10.2 Å². The van der Waals surface area contributed by atoms with Gasteiger partial charge in [-0.05, 0) is 26.8 Å². The SMILES string of the molecule is Cc1nnc(-c2cc(C=O)c(N3C[C@@H](C)O[C@@H](C)C3)c(F)c2F)s1. The minimum Gasteiger partial charge on any atom is -0.372 e. The molecule has 0 bridgehead atoms. The van der Waals surface area contributed by atoms with E-state index in [1.54, 1.807) is 11.8 Å². The minimum atomic E-state index is -1.04. The van der Waals surface area contributed by atoms with E-state index in [1.165, 1.54) is 6.07 Å². The van der Waals surface area contributed by atoms with Crippen LogP contribution < -0.4 is 4.90 Å². The Labute approximate surface area is 142 Å². The zero-order valence-electron chi connectivity index (χ0n) is 13.5. The number of rotatable bonds is 3. The predicted molar refractivity (Wildman–Crippen MR) is 87.6 cm³/mol. The van der Waals surface area contributed by atoms with Crippen molar-refractivity contribution in [3.05, 3.63) is 28.3 Å². The number of hydrogen-bond acceptors (Lipinski definition) is 6. The Hall–Kier alpha value is -1.93. The molecule has 0 spiro atoms. The lowest BCUT2D eigenvalue weighted by atomic mass is 10.1. The summed E-state index contributed by atoms with van der Waals surface area (Å²) in [6.07, 6.45) is 0.266. The highest BCUT2D eigenvalue weighted by Gasteiger charge is 2.29. The third-order valence-corrected chi connectivity index (χ3v) is 4.70. The molecule has 24 heavy (non-hydrogen) atoms. The number of morpholine rings is 1. The molecule has 0 saturated carbocycles. The van der Waals surface area contributed by atoms with Crippen molar-refractivity contribution in [1.82, 2.24) is 10.2 Å². The molecule has 128 valence electrons. The highest BCUT2D eigenvalue weighted by Crippen LogP contribution is 2.35. The normalized spacial score (nSPS) is 21.1. The van der Waals surface area contributed by atoms with Crippen LogP contribution in [-0.4, -0.2) is 41.8 Å². The summed E-state index contributed by atoms with van der Waals surface area (Å²) in [5.41, 5.74) is 0.0332. The van der Waals surface area contributed by atoms with Crippen molar-refractivity contribution in [1.29, 1.82) is 0 Å². The Bertz CT molecular complexity index is 771. The maximum Gasteiger partial charge on any atom is 0.183 e. The van der Waals surface area contributed by atoms with Gasteiger partial charge in [-0.15, -0.1) is 10.2 Å². The van der Waals surface area contributed by atoms with Gasteiger partial charge in [-0.1, -0.05) is 11.3 Å². The first kappa shape index (κ1) is 16.9. The number of aryl methyl sites for hydroxylation is 1. The Balaban J connectivity index is 2.11. The Morgan fingerprint density at radius 2 is 1.92 bits per heavy atom. The van der Waals surface area contributed by atoms with Gasteiger partial charge in [0.25, 0.3) is 0 Å². The van der Waals surface area contributed by atoms with Crippen molar-refractivity contribution in [3.63, 3.8) is 0 Å². The molecule has 1 fully saturated rings. The summed E-state index contributed by atoms with van der Waals surface area (Å²) in [5.74, 6) is -2.05. The molecule has 2 aromatic rings. The van der Waals surface area contributed by atoms with Gasteiger partial charge in [0.05, 0.1) is 23.5 Å². The van der Waals surface area contributed by atoms with Crippen LogP contribution in [-0.2, 0) is 4.74 Å². The first-order valence-electron chi connectivity index (χ1n) is 7.58. The van der Waals surface area contributed by atoms with Gasteiger partial charge < -0.3 is 9.64 Å². The van der Waals surface area contributed by atoms with Gasteiger partial charge in [0, 0.05) is 18.7 Å². The van der Waals surface area contributed by atoms with E-state index in [4.69, 9.17) is 4.74 Å². The van der Waals surface area contributed by atoms with E-state index in [9.17, 15) is 13.6 Å². The van der Waals surface area contributed by atoms with Crippen molar-refractivity contribution in [2.45, 2.75) is 33.0 Å². The van der Waals surface area contributed by atoms with Crippen LogP contribution in [0.1, 0.15) is 29.2 Å². The topological polar surface area (TPSA) is 55.3 Å². The van der Waals surface area contributed by atoms with Crippen LogP contribution in [0.3, 0.4) is 0 Å². The largest absolute Gasteiger partial charge is 0.372 e. The van der Waals surface area contributed by atoms with Gasteiger partial charge in [-0.25, -0.2) is 8.78 Å². The quantitative estimate of drug-likeness (QED) is 0.793. The van der Waals surface area contributed by atoms with Crippen molar-refractivity contribution < 1.29 is 18.3 Å². The maximum absolute atomic E-state index is 14.8. The lowest BCUT2D eigenvalue weighted by Gasteiger charge is -2.37. The molecule has 2 atom stereocenters. The van der Waals surface area contributed by atoms with Crippen molar-refractivity contribution >= 4 is 23.3 Å². The minimum absolute atomic E-state index is 0.0190. The van der Waals surface area contributed by atoms with Crippen molar-refractivity contribution in [2.24, 2.45) is 0 Å². The average Bonchev–Trinajstić information content (AvgIpc) is 2.94. The number of carbonyl (C=O) groups is 1. The van der Waals surface area contributed by atoms with E-state index < -0.39 is 11.6 Å². The summed E-state index contributed by atoms with van der Waals surface area (Å²) in [5, 5.41) is 8.55. The van der Waals surface area contributed by atoms with Crippen LogP contribution in [0.4, 0.5) is 14.5 Å². The molecular formula is C16H17F2N3O2S. The second-order valence-electron chi connectivity index (χ2n) is 5.90. The Kier molecular flexibility index (Phi) is 4.60. The van der Waals surface area contributed by atoms with Crippen LogP contribution in [0.25, 0.3) is 10.6 Å². The van der Waals surface area contributed by atoms with Gasteiger partial charge in [0.2, 0.25) is 0 Å².